The highest BCUT2D eigenvalue weighted by atomic mass is 16.5. The lowest BCUT2D eigenvalue weighted by Crippen LogP contribution is -2.52. The molecule has 1 saturated carbocycles. The zero-order valence-electron chi connectivity index (χ0n) is 16.0. The molecular weight excluding hydrogens is 326 g/mol. The van der Waals surface area contributed by atoms with Crippen LogP contribution in [0.15, 0.2) is 35.3 Å². The van der Waals surface area contributed by atoms with Crippen LogP contribution < -0.4 is 5.32 Å². The van der Waals surface area contributed by atoms with E-state index in [0.717, 1.165) is 38.4 Å². The van der Waals surface area contributed by atoms with Gasteiger partial charge in [-0.1, -0.05) is 36.8 Å². The van der Waals surface area contributed by atoms with Gasteiger partial charge in [-0.25, -0.2) is 0 Å². The highest BCUT2D eigenvalue weighted by Gasteiger charge is 2.39. The van der Waals surface area contributed by atoms with Gasteiger partial charge in [0, 0.05) is 32.1 Å². The predicted octanol–water partition coefficient (Wildman–Crippen LogP) is 2.96. The Labute approximate surface area is 156 Å². The molecule has 2 fully saturated rings. The Balaban J connectivity index is 1.55. The fourth-order valence-electron chi connectivity index (χ4n) is 4.13. The maximum atomic E-state index is 11.9. The van der Waals surface area contributed by atoms with E-state index in [0.29, 0.717) is 6.61 Å². The van der Waals surface area contributed by atoms with Gasteiger partial charge in [-0.3, -0.25) is 9.79 Å². The van der Waals surface area contributed by atoms with Crippen LogP contribution in [0.5, 0.6) is 0 Å². The second kappa shape index (κ2) is 8.56. The number of guanidine groups is 1. The van der Waals surface area contributed by atoms with E-state index >= 15 is 0 Å². The van der Waals surface area contributed by atoms with E-state index in [-0.39, 0.29) is 17.3 Å². The number of esters is 1. The van der Waals surface area contributed by atoms with Gasteiger partial charge in [0.15, 0.2) is 5.96 Å². The topological polar surface area (TPSA) is 53.9 Å². The van der Waals surface area contributed by atoms with Crippen molar-refractivity contribution in [3.63, 3.8) is 0 Å². The van der Waals surface area contributed by atoms with Crippen molar-refractivity contribution in [2.24, 2.45) is 10.9 Å². The number of benzene rings is 1. The van der Waals surface area contributed by atoms with E-state index in [1.165, 1.54) is 24.8 Å². The Morgan fingerprint density at radius 1 is 1.27 bits per heavy atom. The van der Waals surface area contributed by atoms with E-state index in [9.17, 15) is 4.79 Å². The van der Waals surface area contributed by atoms with Gasteiger partial charge in [-0.15, -0.1) is 0 Å². The number of nitrogens with one attached hydrogen (secondary N) is 1. The molecule has 1 heterocycles. The SMILES string of the molecule is CCOC(=O)C1CCN(C(=NC)NCC2(c3ccccc3)CCC2)CC1. The van der Waals surface area contributed by atoms with Crippen LogP contribution in [-0.2, 0) is 14.9 Å². The first kappa shape index (κ1) is 18.7. The lowest BCUT2D eigenvalue weighted by Gasteiger charge is -2.44. The third-order valence-corrected chi connectivity index (χ3v) is 5.91. The minimum Gasteiger partial charge on any atom is -0.466 e. The number of likely N-dealkylation sites (tertiary alicyclic amines) is 1. The monoisotopic (exact) mass is 357 g/mol. The standard InChI is InChI=1S/C21H31N3O2/c1-3-26-19(25)17-10-14-24(15-11-17)20(22-2)23-16-21(12-7-13-21)18-8-5-4-6-9-18/h4-6,8-9,17H,3,7,10-16H2,1-2H3,(H,22,23). The van der Waals surface area contributed by atoms with Crippen molar-refractivity contribution < 1.29 is 9.53 Å². The Morgan fingerprint density at radius 2 is 1.96 bits per heavy atom. The third-order valence-electron chi connectivity index (χ3n) is 5.91. The molecule has 0 aromatic heterocycles. The Bertz CT molecular complexity index is 617. The second-order valence-corrected chi connectivity index (χ2v) is 7.41. The molecule has 0 atom stereocenters. The summed E-state index contributed by atoms with van der Waals surface area (Å²) in [6, 6.07) is 10.8. The van der Waals surface area contributed by atoms with Crippen molar-refractivity contribution >= 4 is 11.9 Å². The molecule has 1 saturated heterocycles. The van der Waals surface area contributed by atoms with E-state index in [2.05, 4.69) is 45.5 Å². The molecular formula is C21H31N3O2. The minimum absolute atomic E-state index is 0.0339. The number of carbonyl (C=O) groups is 1. The maximum Gasteiger partial charge on any atom is 0.309 e. The van der Waals surface area contributed by atoms with E-state index < -0.39 is 0 Å². The number of hydrogen-bond donors (Lipinski definition) is 1. The summed E-state index contributed by atoms with van der Waals surface area (Å²) < 4.78 is 5.16. The number of aliphatic imine (C=N–C) groups is 1. The summed E-state index contributed by atoms with van der Waals surface area (Å²) in [6.45, 7) is 4.94. The predicted molar refractivity (Wildman–Crippen MR) is 104 cm³/mol. The van der Waals surface area contributed by atoms with Crippen molar-refractivity contribution in [1.29, 1.82) is 0 Å². The largest absolute Gasteiger partial charge is 0.466 e. The molecule has 1 N–H and O–H groups in total. The third kappa shape index (κ3) is 4.02. The van der Waals surface area contributed by atoms with Crippen molar-refractivity contribution in [2.75, 3.05) is 33.3 Å². The van der Waals surface area contributed by atoms with Crippen molar-refractivity contribution in [1.82, 2.24) is 10.2 Å². The summed E-state index contributed by atoms with van der Waals surface area (Å²) in [4.78, 5) is 18.7. The van der Waals surface area contributed by atoms with E-state index in [1.807, 2.05) is 14.0 Å². The first-order valence-electron chi connectivity index (χ1n) is 9.86. The summed E-state index contributed by atoms with van der Waals surface area (Å²) in [5.41, 5.74) is 1.66. The molecule has 0 spiro atoms. The number of hydrogen-bond acceptors (Lipinski definition) is 3. The molecule has 0 unspecified atom stereocenters. The summed E-state index contributed by atoms with van der Waals surface area (Å²) in [7, 11) is 1.84. The molecule has 1 aromatic carbocycles. The van der Waals surface area contributed by atoms with Gasteiger partial charge in [0.1, 0.15) is 0 Å². The van der Waals surface area contributed by atoms with Crippen LogP contribution in [0, 0.1) is 5.92 Å². The Hall–Kier alpha value is -2.04. The van der Waals surface area contributed by atoms with Crippen LogP contribution >= 0.6 is 0 Å². The highest BCUT2D eigenvalue weighted by Crippen LogP contribution is 2.43. The van der Waals surface area contributed by atoms with Gasteiger partial charge in [0.25, 0.3) is 0 Å². The molecule has 0 bridgehead atoms. The highest BCUT2D eigenvalue weighted by molar-refractivity contribution is 5.80. The molecule has 142 valence electrons. The number of nitrogens with zero attached hydrogens (tertiary/aromatic N) is 2. The summed E-state index contributed by atoms with van der Waals surface area (Å²) in [6.07, 6.45) is 5.42. The van der Waals surface area contributed by atoms with E-state index in [4.69, 9.17) is 4.74 Å². The van der Waals surface area contributed by atoms with Crippen molar-refractivity contribution in [3.8, 4) is 0 Å². The molecule has 26 heavy (non-hydrogen) atoms. The molecule has 3 rings (SSSR count). The van der Waals surface area contributed by atoms with Gasteiger partial charge >= 0.3 is 5.97 Å². The van der Waals surface area contributed by atoms with Crippen LogP contribution in [0.25, 0.3) is 0 Å². The molecule has 1 aliphatic heterocycles. The number of rotatable bonds is 5. The van der Waals surface area contributed by atoms with Crippen LogP contribution in [0.3, 0.4) is 0 Å². The number of piperidine rings is 1. The zero-order chi connectivity index (χ0) is 18.4. The van der Waals surface area contributed by atoms with E-state index in [1.54, 1.807) is 0 Å². The first-order chi connectivity index (χ1) is 12.7. The lowest BCUT2D eigenvalue weighted by molar-refractivity contribution is -0.149. The fourth-order valence-corrected chi connectivity index (χ4v) is 4.13. The van der Waals surface area contributed by atoms with Gasteiger partial charge in [-0.05, 0) is 38.2 Å². The number of carbonyl (C=O) groups excluding carboxylic acids is 1. The maximum absolute atomic E-state index is 11.9. The summed E-state index contributed by atoms with van der Waals surface area (Å²) in [5.74, 6) is 0.939. The van der Waals surface area contributed by atoms with Crippen LogP contribution in [-0.4, -0.2) is 50.1 Å². The molecule has 5 nitrogen and oxygen atoms in total. The quantitative estimate of drug-likeness (QED) is 0.500. The molecule has 1 aromatic rings. The van der Waals surface area contributed by atoms with Crippen molar-refractivity contribution in [2.45, 2.75) is 44.4 Å². The van der Waals surface area contributed by atoms with Gasteiger partial charge < -0.3 is 15.0 Å². The van der Waals surface area contributed by atoms with Gasteiger partial charge in [0.2, 0.25) is 0 Å². The normalized spacial score (nSPS) is 20.4. The van der Waals surface area contributed by atoms with Crippen molar-refractivity contribution in [3.05, 3.63) is 35.9 Å². The van der Waals surface area contributed by atoms with Crippen LogP contribution in [0.1, 0.15) is 44.6 Å². The molecule has 2 aliphatic rings. The smallest absolute Gasteiger partial charge is 0.309 e. The van der Waals surface area contributed by atoms with Gasteiger partial charge in [-0.2, -0.15) is 0 Å². The zero-order valence-corrected chi connectivity index (χ0v) is 16.0. The molecule has 5 heteroatoms. The Kier molecular flexibility index (Phi) is 6.17. The lowest BCUT2D eigenvalue weighted by atomic mass is 9.64. The van der Waals surface area contributed by atoms with Crippen LogP contribution in [0.2, 0.25) is 0 Å². The average Bonchev–Trinajstić information content (AvgIpc) is 2.65. The molecule has 0 radical (unpaired) electrons. The molecule has 0 amide bonds. The average molecular weight is 357 g/mol. The Morgan fingerprint density at radius 3 is 2.50 bits per heavy atom. The van der Waals surface area contributed by atoms with Gasteiger partial charge in [0.05, 0.1) is 12.5 Å². The van der Waals surface area contributed by atoms with Crippen LogP contribution in [0.4, 0.5) is 0 Å². The first-order valence-corrected chi connectivity index (χ1v) is 9.86. The molecule has 1 aliphatic carbocycles. The summed E-state index contributed by atoms with van der Waals surface area (Å²) in [5, 5.41) is 3.61. The number of ether oxygens (including phenoxy) is 1. The second-order valence-electron chi connectivity index (χ2n) is 7.41. The fraction of sp³-hybridized carbons (Fsp3) is 0.619. The minimum atomic E-state index is -0.0485. The summed E-state index contributed by atoms with van der Waals surface area (Å²) >= 11 is 0.